The van der Waals surface area contributed by atoms with Crippen molar-refractivity contribution < 1.29 is 0 Å². The van der Waals surface area contributed by atoms with E-state index in [1.807, 2.05) is 0 Å². The van der Waals surface area contributed by atoms with Crippen molar-refractivity contribution >= 4 is 27.8 Å². The lowest BCUT2D eigenvalue weighted by Crippen LogP contribution is -2.28. The van der Waals surface area contributed by atoms with Gasteiger partial charge in [-0.25, -0.2) is 0 Å². The van der Waals surface area contributed by atoms with E-state index in [1.54, 1.807) is 0 Å². The van der Waals surface area contributed by atoms with E-state index in [9.17, 15) is 0 Å². The molecule has 298 valence electrons. The first-order valence-electron chi connectivity index (χ1n) is 22.6. The summed E-state index contributed by atoms with van der Waals surface area (Å²) >= 11 is 0. The molecule has 3 unspecified atom stereocenters. The second-order valence-corrected chi connectivity index (χ2v) is 18.0. The first-order chi connectivity index (χ1) is 30.6. The maximum atomic E-state index is 2.51. The molecule has 9 aromatic rings. The van der Waals surface area contributed by atoms with Crippen LogP contribution in [0.4, 0.5) is 17.1 Å². The molecule has 3 aliphatic rings. The van der Waals surface area contributed by atoms with Crippen LogP contribution in [-0.2, 0) is 5.41 Å². The molecule has 0 saturated heterocycles. The van der Waals surface area contributed by atoms with Crippen LogP contribution in [0.1, 0.15) is 65.0 Å². The lowest BCUT2D eigenvalue weighted by atomic mass is 9.67. The fraction of sp³-hybridized carbons (Fsp3) is 0.148. The van der Waals surface area contributed by atoms with Crippen LogP contribution in [-0.4, -0.2) is 0 Å². The number of rotatable bonds is 8. The van der Waals surface area contributed by atoms with Gasteiger partial charge in [0.1, 0.15) is 0 Å². The van der Waals surface area contributed by atoms with Crippen molar-refractivity contribution in [1.82, 2.24) is 0 Å². The number of aryl methyl sites for hydroxylation is 1. The van der Waals surface area contributed by atoms with Gasteiger partial charge in [-0.15, -0.1) is 0 Å². The van der Waals surface area contributed by atoms with Gasteiger partial charge in [-0.05, 0) is 146 Å². The second-order valence-electron chi connectivity index (χ2n) is 18.0. The summed E-state index contributed by atoms with van der Waals surface area (Å²) in [5.41, 5.74) is 18.4. The Morgan fingerprint density at radius 3 is 1.79 bits per heavy atom. The molecule has 0 amide bonds. The highest BCUT2D eigenvalue weighted by Crippen LogP contribution is 2.59. The van der Waals surface area contributed by atoms with Crippen LogP contribution in [0.2, 0.25) is 0 Å². The van der Waals surface area contributed by atoms with Gasteiger partial charge in [0, 0.05) is 16.9 Å². The van der Waals surface area contributed by atoms with Crippen LogP contribution in [0.3, 0.4) is 0 Å². The zero-order valence-electron chi connectivity index (χ0n) is 35.2. The van der Waals surface area contributed by atoms with Crippen molar-refractivity contribution in [2.45, 2.75) is 43.9 Å². The molecular weight excluding hydrogens is 747 g/mol. The molecule has 3 aliphatic carbocycles. The first kappa shape index (κ1) is 36.9. The van der Waals surface area contributed by atoms with E-state index in [0.29, 0.717) is 0 Å². The van der Waals surface area contributed by atoms with Crippen molar-refractivity contribution in [1.29, 1.82) is 0 Å². The molecular formula is C61H49N. The summed E-state index contributed by atoms with van der Waals surface area (Å²) in [5, 5.41) is 2.46. The summed E-state index contributed by atoms with van der Waals surface area (Å²) in [5.74, 6) is 2.57. The quantitative estimate of drug-likeness (QED) is 0.148. The van der Waals surface area contributed by atoms with E-state index in [1.165, 1.54) is 103 Å². The van der Waals surface area contributed by atoms with Gasteiger partial charge >= 0.3 is 0 Å². The molecule has 0 N–H and O–H groups in total. The molecule has 1 heteroatoms. The van der Waals surface area contributed by atoms with E-state index in [2.05, 4.69) is 224 Å². The summed E-state index contributed by atoms with van der Waals surface area (Å²) in [6.07, 6.45) is 5.66. The van der Waals surface area contributed by atoms with Gasteiger partial charge in [0.2, 0.25) is 0 Å². The van der Waals surface area contributed by atoms with Crippen LogP contribution in [0.15, 0.2) is 212 Å². The molecule has 0 spiro atoms. The number of hydrogen-bond acceptors (Lipinski definition) is 1. The molecule has 0 radical (unpaired) electrons. The monoisotopic (exact) mass is 795 g/mol. The van der Waals surface area contributed by atoms with Crippen LogP contribution >= 0.6 is 0 Å². The summed E-state index contributed by atoms with van der Waals surface area (Å²) in [6, 6.07) is 79.7. The summed E-state index contributed by atoms with van der Waals surface area (Å²) < 4.78 is 0. The van der Waals surface area contributed by atoms with Gasteiger partial charge in [0.05, 0.1) is 11.1 Å². The van der Waals surface area contributed by atoms with Crippen molar-refractivity contribution in [3.63, 3.8) is 0 Å². The Balaban J connectivity index is 1.07. The van der Waals surface area contributed by atoms with E-state index < -0.39 is 5.41 Å². The van der Waals surface area contributed by atoms with E-state index in [-0.39, 0.29) is 0 Å². The van der Waals surface area contributed by atoms with Crippen molar-refractivity contribution in [3.05, 3.63) is 246 Å². The number of benzene rings is 9. The van der Waals surface area contributed by atoms with Crippen molar-refractivity contribution in [2.24, 2.45) is 11.8 Å². The van der Waals surface area contributed by atoms with Crippen LogP contribution < -0.4 is 4.90 Å². The Hall–Kier alpha value is -6.96. The highest BCUT2D eigenvalue weighted by atomic mass is 15.1. The minimum Gasteiger partial charge on any atom is -0.310 e. The maximum Gasteiger partial charge on any atom is 0.0714 e. The molecule has 2 bridgehead atoms. The van der Waals surface area contributed by atoms with Crippen LogP contribution in [0, 0.1) is 18.8 Å². The highest BCUT2D eigenvalue weighted by Gasteiger charge is 2.47. The number of hydrogen-bond donors (Lipinski definition) is 0. The molecule has 1 nitrogen and oxygen atoms in total. The smallest absolute Gasteiger partial charge is 0.0714 e. The van der Waals surface area contributed by atoms with Gasteiger partial charge in [-0.3, -0.25) is 0 Å². The standard InChI is InChI=1S/C61H49N/c1-41-14-13-23-56-59(41)54-36-35-52(40-57(54)61(56,49-18-7-3-8-19-49)50-20-9-4-10-21-50)62(58-37-32-45-15-11-12-22-53(45)60(58)47-16-5-2-6-17-47)51-33-30-44(31-34-51)43-26-28-46(29-27-43)55-39-42-24-25-48(55)38-42/h2-23,26-37,40,42,48,55H,24-25,38-39H2,1H3. The number of fused-ring (bicyclic) bond motifs is 6. The van der Waals surface area contributed by atoms with E-state index in [4.69, 9.17) is 0 Å². The Kier molecular flexibility index (Phi) is 8.85. The average Bonchev–Trinajstić information content (AvgIpc) is 4.06. The van der Waals surface area contributed by atoms with Gasteiger partial charge in [-0.1, -0.05) is 188 Å². The van der Waals surface area contributed by atoms with Crippen molar-refractivity contribution in [3.8, 4) is 33.4 Å². The molecule has 2 fully saturated rings. The Morgan fingerprint density at radius 1 is 0.468 bits per heavy atom. The third kappa shape index (κ3) is 5.82. The minimum atomic E-state index is -0.513. The molecule has 62 heavy (non-hydrogen) atoms. The van der Waals surface area contributed by atoms with Gasteiger partial charge in [0.15, 0.2) is 0 Å². The molecule has 0 aliphatic heterocycles. The normalized spacial score (nSPS) is 18.1. The Bertz CT molecular complexity index is 3040. The Labute approximate surface area is 366 Å². The van der Waals surface area contributed by atoms with Crippen LogP contribution in [0.5, 0.6) is 0 Å². The third-order valence-corrected chi connectivity index (χ3v) is 14.8. The lowest BCUT2D eigenvalue weighted by molar-refractivity contribution is 0.420. The second kappa shape index (κ2) is 14.9. The van der Waals surface area contributed by atoms with Gasteiger partial charge in [0.25, 0.3) is 0 Å². The SMILES string of the molecule is Cc1cccc2c1-c1ccc(N(c3ccc(-c4ccc(C5CC6CCC5C6)cc4)cc3)c3ccc4ccccc4c3-c3ccccc3)cc1C2(c1ccccc1)c1ccccc1. The lowest BCUT2D eigenvalue weighted by Gasteiger charge is -2.35. The maximum absolute atomic E-state index is 2.51. The van der Waals surface area contributed by atoms with E-state index in [0.717, 1.165) is 34.8 Å². The molecule has 9 aromatic carbocycles. The Morgan fingerprint density at radius 2 is 1.11 bits per heavy atom. The summed E-state index contributed by atoms with van der Waals surface area (Å²) in [7, 11) is 0. The largest absolute Gasteiger partial charge is 0.310 e. The van der Waals surface area contributed by atoms with Gasteiger partial charge < -0.3 is 4.90 Å². The molecule has 0 heterocycles. The zero-order valence-corrected chi connectivity index (χ0v) is 35.2. The van der Waals surface area contributed by atoms with E-state index >= 15 is 0 Å². The fourth-order valence-corrected chi connectivity index (χ4v) is 12.0. The molecule has 0 aromatic heterocycles. The summed E-state index contributed by atoms with van der Waals surface area (Å²) in [4.78, 5) is 2.51. The average molecular weight is 796 g/mol. The van der Waals surface area contributed by atoms with Crippen molar-refractivity contribution in [2.75, 3.05) is 4.90 Å². The third-order valence-electron chi connectivity index (χ3n) is 14.8. The predicted octanol–water partition coefficient (Wildman–Crippen LogP) is 16.2. The number of nitrogens with zero attached hydrogens (tertiary/aromatic N) is 1. The van der Waals surface area contributed by atoms with Crippen LogP contribution in [0.25, 0.3) is 44.2 Å². The molecule has 3 atom stereocenters. The predicted molar refractivity (Wildman–Crippen MR) is 260 cm³/mol. The molecule has 12 rings (SSSR count). The topological polar surface area (TPSA) is 3.24 Å². The van der Waals surface area contributed by atoms with Gasteiger partial charge in [-0.2, -0.15) is 0 Å². The first-order valence-corrected chi connectivity index (χ1v) is 22.6. The minimum absolute atomic E-state index is 0.513. The number of anilines is 3. The molecule has 2 saturated carbocycles. The summed E-state index contributed by atoms with van der Waals surface area (Å²) in [6.45, 7) is 2.27. The zero-order chi connectivity index (χ0) is 41.2. The fourth-order valence-electron chi connectivity index (χ4n) is 12.0. The highest BCUT2D eigenvalue weighted by molar-refractivity contribution is 6.05.